The van der Waals surface area contributed by atoms with Crippen molar-refractivity contribution in [3.63, 3.8) is 0 Å². The van der Waals surface area contributed by atoms with Crippen molar-refractivity contribution in [2.45, 2.75) is 64.0 Å². The van der Waals surface area contributed by atoms with Gasteiger partial charge < -0.3 is 0 Å². The highest BCUT2D eigenvalue weighted by Crippen LogP contribution is 2.24. The van der Waals surface area contributed by atoms with Gasteiger partial charge in [0, 0.05) is 6.04 Å². The highest BCUT2D eigenvalue weighted by atomic mass is 15.0. The molecule has 1 N–H and O–H groups in total. The van der Waals surface area contributed by atoms with Crippen LogP contribution in [0.2, 0.25) is 0 Å². The quantitative estimate of drug-likeness (QED) is 0.638. The van der Waals surface area contributed by atoms with E-state index in [-0.39, 0.29) is 5.54 Å². The fraction of sp³-hybridized carbons (Fsp3) is 0.909. The van der Waals surface area contributed by atoms with Crippen LogP contribution in [0.3, 0.4) is 0 Å². The number of unbranched alkanes of at least 4 members (excludes halogenated alkanes) is 2. The van der Waals surface area contributed by atoms with Crippen molar-refractivity contribution in [3.05, 3.63) is 0 Å². The predicted octanol–water partition coefficient (Wildman–Crippen LogP) is 2.60. The molecule has 0 bridgehead atoms. The summed E-state index contributed by atoms with van der Waals surface area (Å²) in [7, 11) is 0. The molecule has 0 radical (unpaired) electrons. The fourth-order valence-electron chi connectivity index (χ4n) is 1.57. The van der Waals surface area contributed by atoms with Gasteiger partial charge in [-0.2, -0.15) is 5.26 Å². The van der Waals surface area contributed by atoms with Gasteiger partial charge in [-0.25, -0.2) is 0 Å². The maximum Gasteiger partial charge on any atom is 0.104 e. The van der Waals surface area contributed by atoms with Crippen LogP contribution in [-0.4, -0.2) is 11.6 Å². The average molecular weight is 180 g/mol. The van der Waals surface area contributed by atoms with Crippen LogP contribution in [0.4, 0.5) is 0 Å². The van der Waals surface area contributed by atoms with Crippen molar-refractivity contribution in [2.24, 2.45) is 0 Å². The van der Waals surface area contributed by atoms with Crippen molar-refractivity contribution < 1.29 is 0 Å². The molecule has 0 aliphatic heterocycles. The van der Waals surface area contributed by atoms with E-state index in [0.29, 0.717) is 6.04 Å². The van der Waals surface area contributed by atoms with Gasteiger partial charge >= 0.3 is 0 Å². The SMILES string of the molecule is CCCCCC(C)(C#N)NC1CC1. The Kier molecular flexibility index (Phi) is 3.74. The summed E-state index contributed by atoms with van der Waals surface area (Å²) < 4.78 is 0. The number of nitriles is 1. The molecule has 74 valence electrons. The molecule has 1 unspecified atom stereocenters. The van der Waals surface area contributed by atoms with E-state index in [1.54, 1.807) is 0 Å². The first-order valence-electron chi connectivity index (χ1n) is 5.39. The van der Waals surface area contributed by atoms with Gasteiger partial charge in [-0.3, -0.25) is 5.32 Å². The van der Waals surface area contributed by atoms with Crippen molar-refractivity contribution in [3.8, 4) is 6.07 Å². The van der Waals surface area contributed by atoms with Gasteiger partial charge in [-0.15, -0.1) is 0 Å². The molecule has 1 rings (SSSR count). The van der Waals surface area contributed by atoms with E-state index in [2.05, 4.69) is 18.3 Å². The maximum absolute atomic E-state index is 9.05. The summed E-state index contributed by atoms with van der Waals surface area (Å²) in [5, 5.41) is 12.5. The van der Waals surface area contributed by atoms with Crippen LogP contribution in [0.5, 0.6) is 0 Å². The highest BCUT2D eigenvalue weighted by molar-refractivity contribution is 5.06. The number of hydrogen-bond donors (Lipinski definition) is 1. The van der Waals surface area contributed by atoms with Gasteiger partial charge in [0.25, 0.3) is 0 Å². The Bertz CT molecular complexity index is 191. The summed E-state index contributed by atoms with van der Waals surface area (Å²) in [6, 6.07) is 3.03. The lowest BCUT2D eigenvalue weighted by atomic mass is 9.96. The number of nitrogens with zero attached hydrogens (tertiary/aromatic N) is 1. The second-order valence-electron chi connectivity index (χ2n) is 4.32. The third kappa shape index (κ3) is 3.78. The Labute approximate surface area is 81.3 Å². The summed E-state index contributed by atoms with van der Waals surface area (Å²) in [5.41, 5.74) is -0.268. The van der Waals surface area contributed by atoms with Crippen molar-refractivity contribution >= 4 is 0 Å². The Morgan fingerprint density at radius 1 is 1.46 bits per heavy atom. The van der Waals surface area contributed by atoms with Gasteiger partial charge in [0.2, 0.25) is 0 Å². The van der Waals surface area contributed by atoms with Gasteiger partial charge in [0.1, 0.15) is 5.54 Å². The molecular weight excluding hydrogens is 160 g/mol. The summed E-state index contributed by atoms with van der Waals surface area (Å²) in [6.07, 6.45) is 7.14. The highest BCUT2D eigenvalue weighted by Gasteiger charge is 2.31. The minimum Gasteiger partial charge on any atom is -0.297 e. The van der Waals surface area contributed by atoms with Crippen LogP contribution < -0.4 is 5.32 Å². The van der Waals surface area contributed by atoms with Crippen molar-refractivity contribution in [1.82, 2.24) is 5.32 Å². The lowest BCUT2D eigenvalue weighted by Gasteiger charge is -2.22. The molecule has 1 aliphatic carbocycles. The van der Waals surface area contributed by atoms with Gasteiger partial charge in [-0.1, -0.05) is 26.2 Å². The second kappa shape index (κ2) is 4.62. The molecule has 1 aliphatic rings. The normalized spacial score (nSPS) is 20.7. The Balaban J connectivity index is 2.25. The van der Waals surface area contributed by atoms with E-state index in [9.17, 15) is 0 Å². The Morgan fingerprint density at radius 3 is 2.62 bits per heavy atom. The predicted molar refractivity (Wildman–Crippen MR) is 54.3 cm³/mol. The molecule has 2 heteroatoms. The van der Waals surface area contributed by atoms with Gasteiger partial charge in [0.05, 0.1) is 6.07 Å². The minimum atomic E-state index is -0.268. The fourth-order valence-corrected chi connectivity index (χ4v) is 1.57. The summed E-state index contributed by atoms with van der Waals surface area (Å²) in [5.74, 6) is 0. The topological polar surface area (TPSA) is 35.8 Å². The molecule has 0 heterocycles. The molecule has 1 saturated carbocycles. The van der Waals surface area contributed by atoms with Crippen LogP contribution in [0.25, 0.3) is 0 Å². The first-order chi connectivity index (χ1) is 6.20. The molecule has 1 atom stereocenters. The standard InChI is InChI=1S/C11H20N2/c1-3-4-5-8-11(2,9-12)13-10-6-7-10/h10,13H,3-8H2,1-2H3. The zero-order chi connectivity index (χ0) is 9.73. The van der Waals surface area contributed by atoms with E-state index in [0.717, 1.165) is 6.42 Å². The Hall–Kier alpha value is -0.550. The van der Waals surface area contributed by atoms with Gasteiger partial charge in [0.15, 0.2) is 0 Å². The largest absolute Gasteiger partial charge is 0.297 e. The second-order valence-corrected chi connectivity index (χ2v) is 4.32. The van der Waals surface area contributed by atoms with Crippen LogP contribution in [0, 0.1) is 11.3 Å². The van der Waals surface area contributed by atoms with Crippen LogP contribution in [0.1, 0.15) is 52.4 Å². The molecule has 0 aromatic carbocycles. The summed E-state index contributed by atoms with van der Waals surface area (Å²) in [6.45, 7) is 4.22. The maximum atomic E-state index is 9.05. The lowest BCUT2D eigenvalue weighted by Crippen LogP contribution is -2.42. The molecule has 0 aromatic heterocycles. The summed E-state index contributed by atoms with van der Waals surface area (Å²) in [4.78, 5) is 0. The molecule has 0 amide bonds. The van der Waals surface area contributed by atoms with Crippen LogP contribution in [-0.2, 0) is 0 Å². The zero-order valence-corrected chi connectivity index (χ0v) is 8.77. The molecule has 1 fully saturated rings. The van der Waals surface area contributed by atoms with Crippen LogP contribution in [0.15, 0.2) is 0 Å². The monoisotopic (exact) mass is 180 g/mol. The van der Waals surface area contributed by atoms with E-state index >= 15 is 0 Å². The van der Waals surface area contributed by atoms with Crippen molar-refractivity contribution in [2.75, 3.05) is 0 Å². The molecule has 13 heavy (non-hydrogen) atoms. The third-order valence-electron chi connectivity index (χ3n) is 2.63. The molecule has 2 nitrogen and oxygen atoms in total. The summed E-state index contributed by atoms with van der Waals surface area (Å²) >= 11 is 0. The zero-order valence-electron chi connectivity index (χ0n) is 8.77. The van der Waals surface area contributed by atoms with E-state index in [1.807, 2.05) is 6.92 Å². The van der Waals surface area contributed by atoms with Crippen molar-refractivity contribution in [1.29, 1.82) is 5.26 Å². The smallest absolute Gasteiger partial charge is 0.104 e. The molecular formula is C11H20N2. The molecule has 0 aromatic rings. The van der Waals surface area contributed by atoms with Gasteiger partial charge in [-0.05, 0) is 26.2 Å². The van der Waals surface area contributed by atoms with E-state index in [1.165, 1.54) is 32.1 Å². The third-order valence-corrected chi connectivity index (χ3v) is 2.63. The van der Waals surface area contributed by atoms with E-state index in [4.69, 9.17) is 5.26 Å². The van der Waals surface area contributed by atoms with Crippen LogP contribution >= 0.6 is 0 Å². The molecule has 0 spiro atoms. The minimum absolute atomic E-state index is 0.268. The number of nitrogens with one attached hydrogen (secondary N) is 1. The Morgan fingerprint density at radius 2 is 2.15 bits per heavy atom. The lowest BCUT2D eigenvalue weighted by molar-refractivity contribution is 0.397. The average Bonchev–Trinajstić information content (AvgIpc) is 2.89. The number of hydrogen-bond acceptors (Lipinski definition) is 2. The molecule has 0 saturated heterocycles. The van der Waals surface area contributed by atoms with E-state index < -0.39 is 0 Å². The first-order valence-corrected chi connectivity index (χ1v) is 5.39. The first kappa shape index (κ1) is 10.5. The number of rotatable bonds is 6.